The van der Waals surface area contributed by atoms with Gasteiger partial charge in [-0.1, -0.05) is 0 Å². The van der Waals surface area contributed by atoms with Gasteiger partial charge in [0.05, 0.1) is 59.5 Å². The molecule has 0 spiro atoms. The maximum atomic E-state index is 11.9. The lowest BCUT2D eigenvalue weighted by molar-refractivity contribution is -0.403. The molecule has 9 saturated heterocycles. The summed E-state index contributed by atoms with van der Waals surface area (Å²) in [7, 11) is 0. The minimum atomic E-state index is -2.43. The van der Waals surface area contributed by atoms with Crippen LogP contribution in [0.2, 0.25) is 0 Å². The third-order valence-electron chi connectivity index (χ3n) is 18.8. The highest BCUT2D eigenvalue weighted by Crippen LogP contribution is 2.40. The molecule has 9 heterocycles. The molecule has 100 heavy (non-hydrogen) atoms. The Kier molecular flexibility index (Phi) is 29.2. The summed E-state index contributed by atoms with van der Waals surface area (Å²) < 4.78 is 95.1. The second kappa shape index (κ2) is 35.5. The topological polar surface area (TPSA) is 744 Å². The van der Waals surface area contributed by atoms with Gasteiger partial charge in [0.1, 0.15) is 220 Å². The molecule has 29 N–H and O–H groups in total. The zero-order chi connectivity index (χ0) is 73.4. The molecule has 9 fully saturated rings. The summed E-state index contributed by atoms with van der Waals surface area (Å²) in [6.45, 7) is -9.62. The van der Waals surface area contributed by atoms with Crippen molar-refractivity contribution in [2.24, 2.45) is 0 Å². The normalized spacial score (nSPS) is 53.7. The van der Waals surface area contributed by atoms with Crippen molar-refractivity contribution in [1.82, 2.24) is 0 Å². The Morgan fingerprint density at radius 2 is 0.290 bits per heavy atom. The number of hydrogen-bond donors (Lipinski definition) is 29. The van der Waals surface area contributed by atoms with E-state index >= 15 is 0 Å². The molecule has 0 aromatic carbocycles. The van der Waals surface area contributed by atoms with Gasteiger partial charge < -0.3 is 229 Å². The number of aliphatic hydroxyl groups is 29. The fraction of sp³-hybridized carbons (Fsp3) is 1.00. The van der Waals surface area contributed by atoms with Gasteiger partial charge in [-0.15, -0.1) is 0 Å². The Labute approximate surface area is 563 Å². The summed E-state index contributed by atoms with van der Waals surface area (Å²) in [5.74, 6) is 0. The van der Waals surface area contributed by atoms with Gasteiger partial charge in [-0.05, 0) is 0 Å². The van der Waals surface area contributed by atoms with E-state index in [4.69, 9.17) is 80.5 Å². The van der Waals surface area contributed by atoms with Crippen LogP contribution in [0.25, 0.3) is 0 Å². The molecule has 9 aliphatic rings. The van der Waals surface area contributed by atoms with Crippen LogP contribution in [-0.2, 0) is 80.5 Å². The molecule has 0 aliphatic carbocycles. The molecule has 0 radical (unpaired) electrons. The van der Waals surface area contributed by atoms with Crippen LogP contribution in [-0.4, -0.2) is 484 Å². The smallest absolute Gasteiger partial charge is 0.187 e. The first-order valence-electron chi connectivity index (χ1n) is 31.7. The van der Waals surface area contributed by atoms with E-state index in [1.54, 1.807) is 0 Å². The molecule has 584 valence electrons. The van der Waals surface area contributed by atoms with Gasteiger partial charge in [0.2, 0.25) is 0 Å². The second-order valence-corrected chi connectivity index (χ2v) is 25.2. The Bertz CT molecular complexity index is 2460. The molecular weight excluding hydrogens is 1380 g/mol. The summed E-state index contributed by atoms with van der Waals surface area (Å²) >= 11 is 0. The average Bonchev–Trinajstić information content (AvgIpc) is 0.751. The summed E-state index contributed by atoms with van der Waals surface area (Å²) in [6, 6.07) is 0. The van der Waals surface area contributed by atoms with Crippen LogP contribution in [0.3, 0.4) is 0 Å². The first-order chi connectivity index (χ1) is 47.5. The number of ether oxygens (including phenoxy) is 17. The fourth-order valence-electron chi connectivity index (χ4n) is 12.9. The lowest BCUT2D eigenvalue weighted by Gasteiger charge is -2.50. The Morgan fingerprint density at radius 3 is 0.460 bits per heavy atom. The minimum Gasteiger partial charge on any atom is -0.394 e. The largest absolute Gasteiger partial charge is 0.394 e. The quantitative estimate of drug-likeness (QED) is 0.0404. The van der Waals surface area contributed by atoms with Crippen molar-refractivity contribution in [3.63, 3.8) is 0 Å². The van der Waals surface area contributed by atoms with E-state index in [1.165, 1.54) is 0 Å². The summed E-state index contributed by atoms with van der Waals surface area (Å²) in [4.78, 5) is 0. The molecule has 0 amide bonds. The highest BCUT2D eigenvalue weighted by molar-refractivity contribution is 5.03. The van der Waals surface area contributed by atoms with E-state index in [-0.39, 0.29) is 0 Å². The first-order valence-corrected chi connectivity index (χ1v) is 31.7. The van der Waals surface area contributed by atoms with Crippen molar-refractivity contribution in [3.8, 4) is 0 Å². The van der Waals surface area contributed by atoms with Gasteiger partial charge in [-0.25, -0.2) is 0 Å². The van der Waals surface area contributed by atoms with Crippen LogP contribution in [0.15, 0.2) is 0 Å². The molecular formula is C54H92O46. The van der Waals surface area contributed by atoms with Crippen molar-refractivity contribution >= 4 is 0 Å². The van der Waals surface area contributed by atoms with Crippen molar-refractivity contribution in [3.05, 3.63) is 0 Å². The van der Waals surface area contributed by atoms with E-state index in [2.05, 4.69) is 0 Å². The zero-order valence-corrected chi connectivity index (χ0v) is 52.3. The van der Waals surface area contributed by atoms with E-state index in [0.717, 1.165) is 0 Å². The van der Waals surface area contributed by atoms with Crippen LogP contribution >= 0.6 is 0 Å². The van der Waals surface area contributed by atoms with Crippen LogP contribution in [0.1, 0.15) is 0 Å². The van der Waals surface area contributed by atoms with Gasteiger partial charge >= 0.3 is 0 Å². The van der Waals surface area contributed by atoms with Gasteiger partial charge in [-0.3, -0.25) is 0 Å². The monoisotopic (exact) mass is 1480 g/mol. The molecule has 0 aromatic rings. The molecule has 46 nitrogen and oxygen atoms in total. The van der Waals surface area contributed by atoms with Crippen LogP contribution in [0.5, 0.6) is 0 Å². The third-order valence-corrected chi connectivity index (χ3v) is 18.8. The molecule has 1 unspecified atom stereocenters. The molecule has 0 saturated carbocycles. The third kappa shape index (κ3) is 16.7. The van der Waals surface area contributed by atoms with Gasteiger partial charge in [-0.2, -0.15) is 0 Å². The fourth-order valence-corrected chi connectivity index (χ4v) is 12.9. The summed E-state index contributed by atoms with van der Waals surface area (Å²) in [5.41, 5.74) is 0. The molecule has 9 aliphatic heterocycles. The lowest BCUT2D eigenvalue weighted by atomic mass is 9.95. The Balaban J connectivity index is 0.883. The Morgan fingerprint density at radius 1 is 0.150 bits per heavy atom. The first kappa shape index (κ1) is 82.2. The van der Waals surface area contributed by atoms with Gasteiger partial charge in [0, 0.05) is 0 Å². The van der Waals surface area contributed by atoms with Crippen LogP contribution in [0, 0.1) is 0 Å². The minimum absolute atomic E-state index is 0.907. The van der Waals surface area contributed by atoms with E-state index in [9.17, 15) is 148 Å². The van der Waals surface area contributed by atoms with Crippen molar-refractivity contribution in [2.45, 2.75) is 276 Å². The maximum absolute atomic E-state index is 11.9. The predicted octanol–water partition coefficient (Wildman–Crippen LogP) is -20.6. The molecule has 45 atom stereocenters. The highest BCUT2D eigenvalue weighted by atomic mass is 16.8. The number of aliphatic hydroxyl groups excluding tert-OH is 29. The highest BCUT2D eigenvalue weighted by Gasteiger charge is 2.61. The molecule has 0 aromatic heterocycles. The van der Waals surface area contributed by atoms with E-state index in [1.807, 2.05) is 0 Å². The number of hydrogen-bond acceptors (Lipinski definition) is 46. The van der Waals surface area contributed by atoms with Crippen LogP contribution < -0.4 is 0 Å². The summed E-state index contributed by atoms with van der Waals surface area (Å²) in [6.07, 6.45) is -93.9. The second-order valence-electron chi connectivity index (χ2n) is 25.2. The zero-order valence-electron chi connectivity index (χ0n) is 52.3. The number of rotatable bonds is 25. The van der Waals surface area contributed by atoms with Gasteiger partial charge in [0.15, 0.2) is 56.6 Å². The van der Waals surface area contributed by atoms with Gasteiger partial charge in [0.25, 0.3) is 0 Å². The average molecular weight is 1480 g/mol. The SMILES string of the molecule is OC[C@H]1O[C@@H](O[C@@H]2[C@@H](O)[C@H](O[C@@H]3[C@@H](O)[C@H](O[C@@H]4[C@@H](O)[C@H](O[C@@H]5[C@@H](O)[C@H](O[C@@H]6[C@@H](O)[C@H](O[C@@H]7[C@@H](O)[C@H](O[C@@H]8[C@@H](O)[C@H](O[C@H]9[C@H](O)[C@@H](CO)OC(O)[C@@H]9O)O[C@H](CO)[C@H]8O)O[C@H](CO)[C@H]7O)O[C@H](CO)[C@H]6O)O[C@H](CO)[C@H]5O)O[C@H](CO)[C@H]4O)O[C@H](CO)[C@H]3O)O[C@H](CO)[C@H]2O)[C@H](O)[C@@H](O)[C@@H]1O. The van der Waals surface area contributed by atoms with Crippen molar-refractivity contribution < 1.29 is 229 Å². The summed E-state index contributed by atoms with van der Waals surface area (Å²) in [5, 5.41) is 315. The Hall–Kier alpha value is -1.84. The molecule has 46 heteroatoms. The van der Waals surface area contributed by atoms with Crippen LogP contribution in [0.4, 0.5) is 0 Å². The van der Waals surface area contributed by atoms with Crippen molar-refractivity contribution in [2.75, 3.05) is 59.5 Å². The molecule has 0 bridgehead atoms. The van der Waals surface area contributed by atoms with E-state index < -0.39 is 336 Å². The van der Waals surface area contributed by atoms with E-state index in [0.29, 0.717) is 0 Å². The van der Waals surface area contributed by atoms with Crippen molar-refractivity contribution in [1.29, 1.82) is 0 Å². The predicted molar refractivity (Wildman–Crippen MR) is 297 cm³/mol. The maximum Gasteiger partial charge on any atom is 0.187 e. The standard InChI is InChI=1S/C54H92O46/c55-1-10-19(64)28(73)29(74)47(85-10)94-39-21(66)12(3-57)87-49(31(39)76)96-41-23(68)14(5-59)89-51(33(41)78)98-43-25(70)16(7-61)91-53(35(43)80)100-45-27(72)18(9-63)92-54(37(45)82)99-44-26(71)17(8-62)90-52(36(44)81)97-42-24(69)15(6-60)88-50(34(42)79)95-40-22(67)13(4-58)86-48(32(40)77)93-38-20(65)11(2-56)84-46(83)30(38)75/h10-83H,1-9H2/t10-,11-,12-,13-,14-,15-,16-,17-,18-,19-,20-,21-,22-,23-,24-,25-,26-,27-,28+,29-,30-,31-,32-,33-,34-,35-,36-,37-,38+,39+,40+,41+,42+,43+,44+,45+,46?,47+,48+,49+,50+,51+,52+,53+,54+/m1/s1. The molecule has 9 rings (SSSR count). The lowest BCUT2D eigenvalue weighted by Crippen LogP contribution is -2.69.